The van der Waals surface area contributed by atoms with Crippen molar-refractivity contribution in [2.24, 2.45) is 0 Å². The Balaban J connectivity index is 2.46. The van der Waals surface area contributed by atoms with E-state index in [1.54, 1.807) is 13.8 Å². The van der Waals surface area contributed by atoms with E-state index in [9.17, 15) is 4.79 Å². The summed E-state index contributed by atoms with van der Waals surface area (Å²) < 4.78 is 5.46. The molecule has 0 spiro atoms. The van der Waals surface area contributed by atoms with Crippen molar-refractivity contribution in [3.05, 3.63) is 16.9 Å². The first-order chi connectivity index (χ1) is 7.54. The van der Waals surface area contributed by atoms with Crippen LogP contribution in [0.1, 0.15) is 23.3 Å². The van der Waals surface area contributed by atoms with Gasteiger partial charge in [-0.1, -0.05) is 0 Å². The van der Waals surface area contributed by atoms with Crippen molar-refractivity contribution in [2.75, 3.05) is 11.4 Å². The minimum Gasteiger partial charge on any atom is -0.444 e. The molecule has 5 heteroatoms. The van der Waals surface area contributed by atoms with Crippen LogP contribution < -0.4 is 4.90 Å². The van der Waals surface area contributed by atoms with Crippen molar-refractivity contribution in [2.45, 2.75) is 25.6 Å². The molecular weight excluding hydrogens is 228 g/mol. The summed E-state index contributed by atoms with van der Waals surface area (Å²) in [5.41, 5.74) is 1.21. The third-order valence-electron chi connectivity index (χ3n) is 2.80. The van der Waals surface area contributed by atoms with E-state index >= 15 is 0 Å². The highest BCUT2D eigenvalue weighted by Gasteiger charge is 2.33. The molecule has 1 aromatic rings. The van der Waals surface area contributed by atoms with Crippen molar-refractivity contribution in [1.82, 2.24) is 0 Å². The average Bonchev–Trinajstić information content (AvgIpc) is 2.69. The molecule has 16 heavy (non-hydrogen) atoms. The number of hydrogen-bond donors (Lipinski definition) is 0. The Bertz CT molecular complexity index is 487. The molecule has 0 N–H and O–H groups in total. The Morgan fingerprint density at radius 2 is 2.25 bits per heavy atom. The molecular formula is C11H11ClN2O2. The van der Waals surface area contributed by atoms with Crippen LogP contribution in [0.2, 0.25) is 0 Å². The van der Waals surface area contributed by atoms with Gasteiger partial charge in [-0.05, 0) is 13.8 Å². The van der Waals surface area contributed by atoms with E-state index in [0.29, 0.717) is 30.2 Å². The van der Waals surface area contributed by atoms with Gasteiger partial charge in [0.15, 0.2) is 0 Å². The fourth-order valence-corrected chi connectivity index (χ4v) is 2.06. The molecule has 0 aromatic carbocycles. The van der Waals surface area contributed by atoms with Crippen molar-refractivity contribution in [3.8, 4) is 6.07 Å². The van der Waals surface area contributed by atoms with Gasteiger partial charge in [-0.3, -0.25) is 9.69 Å². The van der Waals surface area contributed by atoms with Crippen LogP contribution in [0.15, 0.2) is 4.42 Å². The Morgan fingerprint density at radius 1 is 1.56 bits per heavy atom. The maximum absolute atomic E-state index is 11.6. The quantitative estimate of drug-likeness (QED) is 0.704. The molecule has 1 saturated heterocycles. The Labute approximate surface area is 98.4 Å². The third-order valence-corrected chi connectivity index (χ3v) is 3.09. The average molecular weight is 239 g/mol. The molecule has 1 amide bonds. The van der Waals surface area contributed by atoms with Crippen LogP contribution in [0, 0.1) is 25.2 Å². The lowest BCUT2D eigenvalue weighted by atomic mass is 10.2. The van der Waals surface area contributed by atoms with E-state index in [4.69, 9.17) is 21.3 Å². The van der Waals surface area contributed by atoms with Gasteiger partial charge in [-0.2, -0.15) is 5.26 Å². The van der Waals surface area contributed by atoms with Gasteiger partial charge in [0.05, 0.1) is 5.38 Å². The Morgan fingerprint density at radius 3 is 2.75 bits per heavy atom. The number of nitriles is 1. The number of furan rings is 1. The van der Waals surface area contributed by atoms with Crippen LogP contribution in [-0.4, -0.2) is 17.8 Å². The van der Waals surface area contributed by atoms with E-state index in [-0.39, 0.29) is 11.3 Å². The summed E-state index contributed by atoms with van der Waals surface area (Å²) in [4.78, 5) is 13.1. The highest BCUT2D eigenvalue weighted by atomic mass is 35.5. The number of alkyl halides is 1. The molecule has 1 atom stereocenters. The lowest BCUT2D eigenvalue weighted by molar-refractivity contribution is -0.117. The number of amides is 1. The number of anilines is 1. The van der Waals surface area contributed by atoms with Crippen molar-refractivity contribution in [3.63, 3.8) is 0 Å². The Kier molecular flexibility index (Phi) is 2.64. The van der Waals surface area contributed by atoms with E-state index in [1.165, 1.54) is 4.90 Å². The topological polar surface area (TPSA) is 57.2 Å². The van der Waals surface area contributed by atoms with E-state index in [1.807, 2.05) is 0 Å². The zero-order chi connectivity index (χ0) is 11.9. The maximum atomic E-state index is 11.6. The van der Waals surface area contributed by atoms with Crippen molar-refractivity contribution < 1.29 is 9.21 Å². The van der Waals surface area contributed by atoms with Gasteiger partial charge in [-0.15, -0.1) is 11.6 Å². The predicted octanol–water partition coefficient (Wildman–Crippen LogP) is 2.11. The second kappa shape index (κ2) is 3.84. The molecule has 2 heterocycles. The van der Waals surface area contributed by atoms with Gasteiger partial charge < -0.3 is 4.42 Å². The van der Waals surface area contributed by atoms with E-state index < -0.39 is 0 Å². The van der Waals surface area contributed by atoms with Crippen molar-refractivity contribution in [1.29, 1.82) is 5.26 Å². The highest BCUT2D eigenvalue weighted by molar-refractivity contribution is 6.24. The molecule has 0 saturated carbocycles. The Hall–Kier alpha value is -1.47. The largest absolute Gasteiger partial charge is 0.444 e. The predicted molar refractivity (Wildman–Crippen MR) is 59.5 cm³/mol. The third kappa shape index (κ3) is 1.57. The van der Waals surface area contributed by atoms with Crippen LogP contribution in [-0.2, 0) is 4.79 Å². The smallest absolute Gasteiger partial charge is 0.230 e. The van der Waals surface area contributed by atoms with E-state index in [0.717, 1.165) is 5.56 Å². The zero-order valence-corrected chi connectivity index (χ0v) is 9.84. The van der Waals surface area contributed by atoms with Gasteiger partial charge >= 0.3 is 0 Å². The highest BCUT2D eigenvalue weighted by Crippen LogP contribution is 2.32. The summed E-state index contributed by atoms with van der Waals surface area (Å²) in [6.45, 7) is 3.99. The number of carbonyl (C=O) groups is 1. The number of halogens is 1. The number of nitrogens with zero attached hydrogens (tertiary/aromatic N) is 2. The first-order valence-electron chi connectivity index (χ1n) is 4.99. The minimum absolute atomic E-state index is 0.0924. The molecule has 2 rings (SSSR count). The van der Waals surface area contributed by atoms with Crippen molar-refractivity contribution >= 4 is 23.4 Å². The zero-order valence-electron chi connectivity index (χ0n) is 9.08. The molecule has 0 aliphatic carbocycles. The van der Waals surface area contributed by atoms with Crippen LogP contribution in [0.25, 0.3) is 0 Å². The fraction of sp³-hybridized carbons (Fsp3) is 0.455. The minimum atomic E-state index is -0.204. The lowest BCUT2D eigenvalue weighted by Crippen LogP contribution is -2.24. The standard InChI is InChI=1S/C11H11ClN2O2/c1-6-7(2)16-11(9(6)4-13)14-5-8(12)3-10(14)15/h8H,3,5H2,1-2H3. The van der Waals surface area contributed by atoms with Gasteiger partial charge in [-0.25, -0.2) is 0 Å². The second-order valence-corrected chi connectivity index (χ2v) is 4.50. The van der Waals surface area contributed by atoms with Gasteiger partial charge in [0.2, 0.25) is 11.8 Å². The molecule has 1 aliphatic rings. The SMILES string of the molecule is Cc1oc(N2CC(Cl)CC2=O)c(C#N)c1C. The fourth-order valence-electron chi connectivity index (χ4n) is 1.79. The van der Waals surface area contributed by atoms with Crippen LogP contribution >= 0.6 is 11.6 Å². The molecule has 1 aromatic heterocycles. The monoisotopic (exact) mass is 238 g/mol. The summed E-state index contributed by atoms with van der Waals surface area (Å²) in [5.74, 6) is 0.910. The molecule has 0 radical (unpaired) electrons. The molecule has 0 bridgehead atoms. The number of aryl methyl sites for hydroxylation is 1. The first kappa shape index (κ1) is 11.0. The van der Waals surface area contributed by atoms with Crippen LogP contribution in [0.4, 0.5) is 5.88 Å². The number of carbonyl (C=O) groups excluding carboxylic acids is 1. The summed E-state index contributed by atoms with van der Waals surface area (Å²) in [7, 11) is 0. The molecule has 4 nitrogen and oxygen atoms in total. The second-order valence-electron chi connectivity index (χ2n) is 3.88. The van der Waals surface area contributed by atoms with Gasteiger partial charge in [0.25, 0.3) is 0 Å². The first-order valence-corrected chi connectivity index (χ1v) is 5.42. The van der Waals surface area contributed by atoms with Gasteiger partial charge in [0.1, 0.15) is 17.4 Å². The lowest BCUT2D eigenvalue weighted by Gasteiger charge is -2.12. The molecule has 1 fully saturated rings. The maximum Gasteiger partial charge on any atom is 0.230 e. The van der Waals surface area contributed by atoms with Crippen LogP contribution in [0.3, 0.4) is 0 Å². The van der Waals surface area contributed by atoms with Gasteiger partial charge in [0, 0.05) is 18.5 Å². The molecule has 1 unspecified atom stereocenters. The summed E-state index contributed by atoms with van der Waals surface area (Å²) in [6.07, 6.45) is 0.297. The number of hydrogen-bond acceptors (Lipinski definition) is 3. The molecule has 1 aliphatic heterocycles. The van der Waals surface area contributed by atoms with Crippen LogP contribution in [0.5, 0.6) is 0 Å². The van der Waals surface area contributed by atoms with E-state index in [2.05, 4.69) is 6.07 Å². The normalized spacial score (nSPS) is 20.2. The number of rotatable bonds is 1. The summed E-state index contributed by atoms with van der Waals surface area (Å²) >= 11 is 5.91. The summed E-state index contributed by atoms with van der Waals surface area (Å²) in [5, 5.41) is 8.84. The molecule has 84 valence electrons. The summed E-state index contributed by atoms with van der Waals surface area (Å²) in [6, 6.07) is 2.07.